The van der Waals surface area contributed by atoms with Crippen LogP contribution in [0.3, 0.4) is 0 Å². The predicted molar refractivity (Wildman–Crippen MR) is 74.9 cm³/mol. The van der Waals surface area contributed by atoms with E-state index in [1.165, 1.54) is 31.5 Å². The van der Waals surface area contributed by atoms with Crippen molar-refractivity contribution >= 4 is 11.0 Å². The maximum Gasteiger partial charge on any atom is 0.109 e. The number of rotatable bonds is 2. The molecule has 2 unspecified atom stereocenters. The summed E-state index contributed by atoms with van der Waals surface area (Å²) in [6, 6.07) is 3.53. The third kappa shape index (κ3) is 1.94. The molecule has 2 bridgehead atoms. The van der Waals surface area contributed by atoms with Gasteiger partial charge < -0.3 is 9.88 Å². The lowest BCUT2D eigenvalue weighted by Gasteiger charge is -2.28. The second-order valence-electron chi connectivity index (χ2n) is 6.13. The van der Waals surface area contributed by atoms with Crippen molar-refractivity contribution in [2.75, 3.05) is 0 Å². The highest BCUT2D eigenvalue weighted by Crippen LogP contribution is 2.33. The molecule has 4 rings (SSSR count). The fourth-order valence-electron chi connectivity index (χ4n) is 3.87. The van der Waals surface area contributed by atoms with Crippen molar-refractivity contribution in [1.29, 1.82) is 0 Å². The lowest BCUT2D eigenvalue weighted by molar-refractivity contribution is 0.294. The Labute approximate surface area is 113 Å². The number of hydrogen-bond acceptors (Lipinski definition) is 3. The maximum absolute atomic E-state index is 4.78. The van der Waals surface area contributed by atoms with Crippen LogP contribution >= 0.6 is 0 Å². The monoisotopic (exact) mass is 256 g/mol. The molecule has 0 aliphatic carbocycles. The number of pyridine rings is 1. The molecule has 0 aromatic carbocycles. The summed E-state index contributed by atoms with van der Waals surface area (Å²) < 4.78 is 2.21. The molecule has 2 aromatic rings. The van der Waals surface area contributed by atoms with Gasteiger partial charge in [0.1, 0.15) is 5.82 Å². The van der Waals surface area contributed by atoms with Crippen LogP contribution in [0.2, 0.25) is 0 Å². The van der Waals surface area contributed by atoms with E-state index in [-0.39, 0.29) is 0 Å². The van der Waals surface area contributed by atoms with Gasteiger partial charge in [-0.05, 0) is 37.7 Å². The highest BCUT2D eigenvalue weighted by atomic mass is 15.1. The van der Waals surface area contributed by atoms with Gasteiger partial charge >= 0.3 is 0 Å². The lowest BCUT2D eigenvalue weighted by Crippen LogP contribution is -2.38. The Morgan fingerprint density at radius 2 is 2.11 bits per heavy atom. The third-order valence-electron chi connectivity index (χ3n) is 4.82. The Morgan fingerprint density at radius 1 is 1.32 bits per heavy atom. The number of piperidine rings is 1. The first-order chi connectivity index (χ1) is 9.29. The summed E-state index contributed by atoms with van der Waals surface area (Å²) in [7, 11) is 2.11. The standard InChI is InChI=1S/C15H20N4/c1-19-14-9-16-5-4-13(14)18-15(19)8-10-6-11-2-3-12(7-10)17-11/h4-5,9-12,17H,2-3,6-8H2,1H3. The van der Waals surface area contributed by atoms with Crippen molar-refractivity contribution in [3.63, 3.8) is 0 Å². The van der Waals surface area contributed by atoms with E-state index in [0.29, 0.717) is 0 Å². The zero-order valence-electron chi connectivity index (χ0n) is 11.3. The van der Waals surface area contributed by atoms with E-state index in [9.17, 15) is 0 Å². The minimum atomic E-state index is 0.764. The van der Waals surface area contributed by atoms with Crippen LogP contribution in [0.25, 0.3) is 11.0 Å². The van der Waals surface area contributed by atoms with Gasteiger partial charge in [0.25, 0.3) is 0 Å². The molecule has 2 fully saturated rings. The van der Waals surface area contributed by atoms with Crippen molar-refractivity contribution in [1.82, 2.24) is 19.9 Å². The van der Waals surface area contributed by atoms with Crippen molar-refractivity contribution in [3.8, 4) is 0 Å². The van der Waals surface area contributed by atoms with E-state index in [2.05, 4.69) is 21.9 Å². The Hall–Kier alpha value is -1.42. The highest BCUT2D eigenvalue weighted by molar-refractivity contribution is 5.74. The van der Waals surface area contributed by atoms with Crippen molar-refractivity contribution < 1.29 is 0 Å². The van der Waals surface area contributed by atoms with Gasteiger partial charge in [0.15, 0.2) is 0 Å². The molecule has 0 spiro atoms. The van der Waals surface area contributed by atoms with Crippen molar-refractivity contribution in [2.45, 2.75) is 44.2 Å². The summed E-state index contributed by atoms with van der Waals surface area (Å²) in [5, 5.41) is 3.71. The van der Waals surface area contributed by atoms with E-state index >= 15 is 0 Å². The molecule has 100 valence electrons. The minimum absolute atomic E-state index is 0.764. The smallest absolute Gasteiger partial charge is 0.109 e. The predicted octanol–water partition coefficient (Wildman–Crippen LogP) is 2.04. The quantitative estimate of drug-likeness (QED) is 0.894. The van der Waals surface area contributed by atoms with Crippen LogP contribution in [-0.4, -0.2) is 26.6 Å². The molecule has 0 saturated carbocycles. The molecule has 2 aliphatic rings. The average Bonchev–Trinajstić information content (AvgIpc) is 2.92. The van der Waals surface area contributed by atoms with Gasteiger partial charge in [-0.3, -0.25) is 4.98 Å². The maximum atomic E-state index is 4.78. The molecule has 19 heavy (non-hydrogen) atoms. The molecule has 2 aliphatic heterocycles. The van der Waals surface area contributed by atoms with E-state index in [1.54, 1.807) is 0 Å². The van der Waals surface area contributed by atoms with Crippen LogP contribution in [0, 0.1) is 5.92 Å². The number of nitrogens with one attached hydrogen (secondary N) is 1. The summed E-state index contributed by atoms with van der Waals surface area (Å²) in [6.45, 7) is 0. The molecule has 2 aromatic heterocycles. The van der Waals surface area contributed by atoms with E-state index in [0.717, 1.165) is 35.5 Å². The van der Waals surface area contributed by atoms with Gasteiger partial charge in [0, 0.05) is 31.7 Å². The summed E-state index contributed by atoms with van der Waals surface area (Å²) >= 11 is 0. The number of fused-ring (bicyclic) bond motifs is 3. The molecule has 4 heteroatoms. The average molecular weight is 256 g/mol. The number of imidazole rings is 1. The SMILES string of the molecule is Cn1c(CC2CC3CCC(C2)N3)nc2ccncc21. The van der Waals surface area contributed by atoms with Crippen LogP contribution in [-0.2, 0) is 13.5 Å². The fourth-order valence-corrected chi connectivity index (χ4v) is 3.87. The Balaban J connectivity index is 1.59. The van der Waals surface area contributed by atoms with Crippen LogP contribution in [0.1, 0.15) is 31.5 Å². The molecule has 2 atom stereocenters. The van der Waals surface area contributed by atoms with Crippen LogP contribution < -0.4 is 5.32 Å². The third-order valence-corrected chi connectivity index (χ3v) is 4.82. The fraction of sp³-hybridized carbons (Fsp3) is 0.600. The topological polar surface area (TPSA) is 42.7 Å². The molecular formula is C15H20N4. The summed E-state index contributed by atoms with van der Waals surface area (Å²) in [4.78, 5) is 8.98. The second-order valence-corrected chi connectivity index (χ2v) is 6.13. The largest absolute Gasteiger partial charge is 0.330 e. The molecular weight excluding hydrogens is 236 g/mol. The Bertz CT molecular complexity index is 591. The summed E-state index contributed by atoms with van der Waals surface area (Å²) in [5.74, 6) is 2.01. The second kappa shape index (κ2) is 4.30. The zero-order valence-corrected chi connectivity index (χ0v) is 11.3. The first kappa shape index (κ1) is 11.4. The van der Waals surface area contributed by atoms with E-state index in [1.807, 2.05) is 18.5 Å². The summed E-state index contributed by atoms with van der Waals surface area (Å²) in [6.07, 6.45) is 10.2. The molecule has 4 heterocycles. The highest BCUT2D eigenvalue weighted by Gasteiger charge is 2.33. The molecule has 4 nitrogen and oxygen atoms in total. The normalized spacial score (nSPS) is 30.1. The summed E-state index contributed by atoms with van der Waals surface area (Å²) in [5.41, 5.74) is 2.22. The van der Waals surface area contributed by atoms with Gasteiger partial charge in [-0.1, -0.05) is 0 Å². The van der Waals surface area contributed by atoms with Gasteiger partial charge in [-0.2, -0.15) is 0 Å². The van der Waals surface area contributed by atoms with Crippen molar-refractivity contribution in [2.24, 2.45) is 13.0 Å². The first-order valence-corrected chi connectivity index (χ1v) is 7.31. The molecule has 2 saturated heterocycles. The molecule has 0 amide bonds. The molecule has 0 radical (unpaired) electrons. The Morgan fingerprint density at radius 3 is 2.84 bits per heavy atom. The number of aromatic nitrogens is 3. The van der Waals surface area contributed by atoms with E-state index in [4.69, 9.17) is 4.98 Å². The minimum Gasteiger partial charge on any atom is -0.330 e. The van der Waals surface area contributed by atoms with Crippen LogP contribution in [0.15, 0.2) is 18.5 Å². The zero-order chi connectivity index (χ0) is 12.8. The van der Waals surface area contributed by atoms with E-state index < -0.39 is 0 Å². The van der Waals surface area contributed by atoms with Gasteiger partial charge in [0.2, 0.25) is 0 Å². The van der Waals surface area contributed by atoms with Crippen LogP contribution in [0.4, 0.5) is 0 Å². The molecule has 1 N–H and O–H groups in total. The Kier molecular flexibility index (Phi) is 2.58. The van der Waals surface area contributed by atoms with Crippen LogP contribution in [0.5, 0.6) is 0 Å². The number of aryl methyl sites for hydroxylation is 1. The van der Waals surface area contributed by atoms with Gasteiger partial charge in [0.05, 0.1) is 17.2 Å². The lowest BCUT2D eigenvalue weighted by atomic mass is 9.89. The van der Waals surface area contributed by atoms with Gasteiger partial charge in [-0.15, -0.1) is 0 Å². The van der Waals surface area contributed by atoms with Crippen molar-refractivity contribution in [3.05, 3.63) is 24.3 Å². The van der Waals surface area contributed by atoms with Gasteiger partial charge in [-0.25, -0.2) is 4.98 Å². The first-order valence-electron chi connectivity index (χ1n) is 7.31. The number of nitrogens with zero attached hydrogens (tertiary/aromatic N) is 3. The number of hydrogen-bond donors (Lipinski definition) is 1.